The fourth-order valence-electron chi connectivity index (χ4n) is 2.27. The maximum atomic E-state index is 12.2. The molecule has 3 rings (SSSR count). The van der Waals surface area contributed by atoms with Gasteiger partial charge >= 0.3 is 0 Å². The molecular formula is C18H14INO. The van der Waals surface area contributed by atoms with Crippen molar-refractivity contribution in [2.75, 3.05) is 0 Å². The molecule has 2 nitrogen and oxygen atoms in total. The minimum absolute atomic E-state index is 0.0341. The van der Waals surface area contributed by atoms with Crippen LogP contribution in [0, 0.1) is 3.57 Å². The third-order valence-corrected chi connectivity index (χ3v) is 4.33. The highest BCUT2D eigenvalue weighted by Crippen LogP contribution is 2.16. The molecule has 21 heavy (non-hydrogen) atoms. The van der Waals surface area contributed by atoms with Crippen LogP contribution in [0.2, 0.25) is 0 Å². The monoisotopic (exact) mass is 387 g/mol. The van der Waals surface area contributed by atoms with Crippen molar-refractivity contribution in [1.29, 1.82) is 0 Å². The molecule has 0 aliphatic rings. The van der Waals surface area contributed by atoms with E-state index in [1.165, 1.54) is 10.8 Å². The molecule has 3 aromatic rings. The van der Waals surface area contributed by atoms with E-state index < -0.39 is 0 Å². The number of amides is 1. The number of halogens is 1. The molecule has 0 heterocycles. The Bertz CT molecular complexity index is 798. The van der Waals surface area contributed by atoms with Gasteiger partial charge < -0.3 is 5.32 Å². The highest BCUT2D eigenvalue weighted by molar-refractivity contribution is 14.1. The lowest BCUT2D eigenvalue weighted by Gasteiger charge is -2.08. The van der Waals surface area contributed by atoms with Gasteiger partial charge in [-0.05, 0) is 57.1 Å². The third-order valence-electron chi connectivity index (χ3n) is 3.39. The fourth-order valence-corrected chi connectivity index (χ4v) is 2.90. The van der Waals surface area contributed by atoms with Crippen molar-refractivity contribution in [3.63, 3.8) is 0 Å². The Labute approximate surface area is 137 Å². The molecule has 0 bridgehead atoms. The number of rotatable bonds is 3. The van der Waals surface area contributed by atoms with E-state index in [1.807, 2.05) is 36.4 Å². The summed E-state index contributed by atoms with van der Waals surface area (Å²) in [4.78, 5) is 12.2. The van der Waals surface area contributed by atoms with Gasteiger partial charge in [-0.3, -0.25) is 4.79 Å². The number of fused-ring (bicyclic) bond motifs is 1. The first-order valence-corrected chi connectivity index (χ1v) is 7.82. The Hall–Kier alpha value is -1.88. The second kappa shape index (κ2) is 6.26. The molecule has 0 radical (unpaired) electrons. The topological polar surface area (TPSA) is 29.1 Å². The largest absolute Gasteiger partial charge is 0.348 e. The summed E-state index contributed by atoms with van der Waals surface area (Å²) in [5, 5.41) is 5.38. The SMILES string of the molecule is O=C(NCc1ccc2ccccc2c1)c1ccccc1I. The minimum Gasteiger partial charge on any atom is -0.348 e. The van der Waals surface area contributed by atoms with Crippen LogP contribution in [0.15, 0.2) is 66.7 Å². The molecule has 0 aliphatic carbocycles. The van der Waals surface area contributed by atoms with Crippen LogP contribution >= 0.6 is 22.6 Å². The van der Waals surface area contributed by atoms with E-state index in [2.05, 4.69) is 58.2 Å². The zero-order chi connectivity index (χ0) is 14.7. The van der Waals surface area contributed by atoms with Crippen molar-refractivity contribution in [2.45, 2.75) is 6.54 Å². The van der Waals surface area contributed by atoms with Gasteiger partial charge in [-0.2, -0.15) is 0 Å². The number of hydrogen-bond acceptors (Lipinski definition) is 1. The number of carbonyl (C=O) groups excluding carboxylic acids is 1. The second-order valence-electron chi connectivity index (χ2n) is 4.84. The van der Waals surface area contributed by atoms with Crippen LogP contribution in [0.25, 0.3) is 10.8 Å². The Morgan fingerprint density at radius 3 is 2.43 bits per heavy atom. The molecule has 1 amide bonds. The molecule has 0 spiro atoms. The predicted octanol–water partition coefficient (Wildman–Crippen LogP) is 4.37. The van der Waals surface area contributed by atoms with Gasteiger partial charge in [0.25, 0.3) is 5.91 Å². The van der Waals surface area contributed by atoms with Crippen molar-refractivity contribution >= 4 is 39.3 Å². The summed E-state index contributed by atoms with van der Waals surface area (Å²) in [5.41, 5.74) is 1.83. The van der Waals surface area contributed by atoms with Crippen molar-refractivity contribution < 1.29 is 4.79 Å². The lowest BCUT2D eigenvalue weighted by Crippen LogP contribution is -2.23. The third kappa shape index (κ3) is 3.24. The van der Waals surface area contributed by atoms with Gasteiger partial charge in [0, 0.05) is 10.1 Å². The van der Waals surface area contributed by atoms with Gasteiger partial charge in [-0.1, -0.05) is 48.5 Å². The van der Waals surface area contributed by atoms with Gasteiger partial charge in [0.05, 0.1) is 5.56 Å². The van der Waals surface area contributed by atoms with Crippen LogP contribution in [0.4, 0.5) is 0 Å². The molecule has 0 aliphatic heterocycles. The van der Waals surface area contributed by atoms with Crippen LogP contribution in [0.1, 0.15) is 15.9 Å². The van der Waals surface area contributed by atoms with E-state index in [1.54, 1.807) is 0 Å². The summed E-state index contributed by atoms with van der Waals surface area (Å²) in [5.74, 6) is -0.0341. The smallest absolute Gasteiger partial charge is 0.252 e. The first-order chi connectivity index (χ1) is 10.2. The summed E-state index contributed by atoms with van der Waals surface area (Å²) >= 11 is 2.18. The normalized spacial score (nSPS) is 10.5. The Morgan fingerprint density at radius 1 is 0.905 bits per heavy atom. The standard InChI is InChI=1S/C18H14INO/c19-17-8-4-3-7-16(17)18(21)20-12-13-9-10-14-5-1-2-6-15(14)11-13/h1-11H,12H2,(H,20,21). The molecular weight excluding hydrogens is 373 g/mol. The van der Waals surface area contributed by atoms with Crippen molar-refractivity contribution in [1.82, 2.24) is 5.32 Å². The molecule has 0 unspecified atom stereocenters. The number of nitrogens with one attached hydrogen (secondary N) is 1. The van der Waals surface area contributed by atoms with E-state index in [0.717, 1.165) is 14.7 Å². The molecule has 0 saturated heterocycles. The van der Waals surface area contributed by atoms with E-state index >= 15 is 0 Å². The first-order valence-electron chi connectivity index (χ1n) is 6.74. The summed E-state index contributed by atoms with van der Waals surface area (Å²) in [6, 6.07) is 22.1. The fraction of sp³-hybridized carbons (Fsp3) is 0.0556. The molecule has 104 valence electrons. The zero-order valence-electron chi connectivity index (χ0n) is 11.3. The minimum atomic E-state index is -0.0341. The Balaban J connectivity index is 1.74. The predicted molar refractivity (Wildman–Crippen MR) is 94.3 cm³/mol. The molecule has 0 fully saturated rings. The van der Waals surface area contributed by atoms with Gasteiger partial charge in [-0.25, -0.2) is 0 Å². The highest BCUT2D eigenvalue weighted by atomic mass is 127. The Morgan fingerprint density at radius 2 is 1.62 bits per heavy atom. The molecule has 1 N–H and O–H groups in total. The molecule has 3 aromatic carbocycles. The average molecular weight is 387 g/mol. The average Bonchev–Trinajstić information content (AvgIpc) is 2.53. The summed E-state index contributed by atoms with van der Waals surface area (Å²) in [6.45, 7) is 0.536. The molecule has 3 heteroatoms. The van der Waals surface area contributed by atoms with Crippen LogP contribution in [-0.4, -0.2) is 5.91 Å². The molecule has 0 atom stereocenters. The van der Waals surface area contributed by atoms with Gasteiger partial charge in [0.1, 0.15) is 0 Å². The van der Waals surface area contributed by atoms with E-state index in [0.29, 0.717) is 6.54 Å². The molecule has 0 aromatic heterocycles. The summed E-state index contributed by atoms with van der Waals surface area (Å²) in [7, 11) is 0. The number of hydrogen-bond donors (Lipinski definition) is 1. The van der Waals surface area contributed by atoms with Gasteiger partial charge in [-0.15, -0.1) is 0 Å². The first kappa shape index (κ1) is 14.1. The van der Waals surface area contributed by atoms with Crippen molar-refractivity contribution in [3.05, 3.63) is 81.4 Å². The van der Waals surface area contributed by atoms with E-state index in [4.69, 9.17) is 0 Å². The lowest BCUT2D eigenvalue weighted by molar-refractivity contribution is 0.0950. The quantitative estimate of drug-likeness (QED) is 0.665. The van der Waals surface area contributed by atoms with E-state index in [9.17, 15) is 4.79 Å². The Kier molecular flexibility index (Phi) is 4.20. The van der Waals surface area contributed by atoms with Gasteiger partial charge in [0.15, 0.2) is 0 Å². The van der Waals surface area contributed by atoms with Crippen molar-refractivity contribution in [3.8, 4) is 0 Å². The van der Waals surface area contributed by atoms with Crippen LogP contribution in [0.5, 0.6) is 0 Å². The maximum absolute atomic E-state index is 12.2. The van der Waals surface area contributed by atoms with Crippen LogP contribution in [0.3, 0.4) is 0 Å². The number of carbonyl (C=O) groups is 1. The van der Waals surface area contributed by atoms with Crippen LogP contribution < -0.4 is 5.32 Å². The molecule has 0 saturated carbocycles. The highest BCUT2D eigenvalue weighted by Gasteiger charge is 2.08. The van der Waals surface area contributed by atoms with Crippen molar-refractivity contribution in [2.24, 2.45) is 0 Å². The van der Waals surface area contributed by atoms with Gasteiger partial charge in [0.2, 0.25) is 0 Å². The van der Waals surface area contributed by atoms with Crippen LogP contribution in [-0.2, 0) is 6.54 Å². The van der Waals surface area contributed by atoms with E-state index in [-0.39, 0.29) is 5.91 Å². The summed E-state index contributed by atoms with van der Waals surface area (Å²) < 4.78 is 0.964. The number of benzene rings is 3. The lowest BCUT2D eigenvalue weighted by atomic mass is 10.1. The second-order valence-corrected chi connectivity index (χ2v) is 6.01. The zero-order valence-corrected chi connectivity index (χ0v) is 13.5. The maximum Gasteiger partial charge on any atom is 0.252 e. The summed E-state index contributed by atoms with van der Waals surface area (Å²) in [6.07, 6.45) is 0.